The van der Waals surface area contributed by atoms with Crippen molar-refractivity contribution in [1.29, 1.82) is 0 Å². The van der Waals surface area contributed by atoms with Gasteiger partial charge in [0.25, 0.3) is 0 Å². The second kappa shape index (κ2) is 15.0. The molecule has 2 aliphatic rings. The van der Waals surface area contributed by atoms with Gasteiger partial charge >= 0.3 is 6.09 Å². The van der Waals surface area contributed by atoms with Crippen molar-refractivity contribution in [2.75, 3.05) is 17.3 Å². The Morgan fingerprint density at radius 3 is 2.19 bits per heavy atom. The third-order valence-corrected chi connectivity index (χ3v) is 4.56. The van der Waals surface area contributed by atoms with Crippen LogP contribution in [0.2, 0.25) is 0 Å². The number of rotatable bonds is 5. The number of halogens is 1. The van der Waals surface area contributed by atoms with Crippen molar-refractivity contribution in [3.63, 3.8) is 0 Å². The minimum atomic E-state index is -0.381. The first kappa shape index (κ1) is 29.1. The summed E-state index contributed by atoms with van der Waals surface area (Å²) in [6, 6.07) is 0.889. The molecule has 2 amide bonds. The monoisotopic (exact) mass is 501 g/mol. The van der Waals surface area contributed by atoms with E-state index in [0.717, 1.165) is 12.8 Å². The van der Waals surface area contributed by atoms with Crippen LogP contribution in [0.15, 0.2) is 10.8 Å². The molecule has 1 aromatic rings. The van der Waals surface area contributed by atoms with Crippen LogP contribution in [0.25, 0.3) is 0 Å². The van der Waals surface area contributed by atoms with Crippen molar-refractivity contribution in [2.24, 2.45) is 0 Å². The first-order chi connectivity index (χ1) is 14.7. The van der Waals surface area contributed by atoms with Crippen LogP contribution >= 0.6 is 15.9 Å². The smallest absolute Gasteiger partial charge is 0.407 e. The number of hydrogen-bond donors (Lipinski definition) is 2. The molecule has 3 rings (SSSR count). The normalized spacial score (nSPS) is 14.6. The van der Waals surface area contributed by atoms with E-state index in [0.29, 0.717) is 34.7 Å². The Morgan fingerprint density at radius 1 is 1.19 bits per heavy atom. The van der Waals surface area contributed by atoms with E-state index in [9.17, 15) is 9.59 Å². The van der Waals surface area contributed by atoms with Crippen LogP contribution in [0, 0.1) is 0 Å². The summed E-state index contributed by atoms with van der Waals surface area (Å²) in [5, 5.41) is 5.36. The molecule has 0 atom stereocenters. The van der Waals surface area contributed by atoms with E-state index in [1.54, 1.807) is 6.20 Å². The largest absolute Gasteiger partial charge is 0.444 e. The summed E-state index contributed by atoms with van der Waals surface area (Å²) in [5.41, 5.74) is -0.381. The number of aromatic nitrogens is 2. The molecule has 0 radical (unpaired) electrons. The number of hydrogen-bond acceptors (Lipinski definition) is 6. The summed E-state index contributed by atoms with van der Waals surface area (Å²) in [4.78, 5) is 32.0. The number of nitrogens with zero attached hydrogens (tertiary/aromatic N) is 3. The molecule has 0 unspecified atom stereocenters. The average Bonchev–Trinajstić information content (AvgIpc) is 3.53. The van der Waals surface area contributed by atoms with Crippen molar-refractivity contribution in [3.8, 4) is 0 Å². The zero-order valence-corrected chi connectivity index (χ0v) is 21.9. The molecule has 0 spiro atoms. The fourth-order valence-corrected chi connectivity index (χ4v) is 2.69. The lowest BCUT2D eigenvalue weighted by atomic mass is 9.93. The Hall–Kier alpha value is -1.90. The van der Waals surface area contributed by atoms with Crippen molar-refractivity contribution >= 4 is 40.1 Å². The van der Waals surface area contributed by atoms with E-state index in [2.05, 4.69) is 36.5 Å². The van der Waals surface area contributed by atoms with Crippen molar-refractivity contribution < 1.29 is 14.3 Å². The molecule has 9 heteroatoms. The van der Waals surface area contributed by atoms with E-state index >= 15 is 0 Å². The maximum atomic E-state index is 11.1. The van der Waals surface area contributed by atoms with Crippen LogP contribution < -0.4 is 15.5 Å². The van der Waals surface area contributed by atoms with Gasteiger partial charge in [0.1, 0.15) is 10.2 Å². The fraction of sp³-hybridized carbons (Fsp3) is 0.727. The molecule has 0 aliphatic heterocycles. The molecule has 8 nitrogen and oxygen atoms in total. The van der Waals surface area contributed by atoms with Gasteiger partial charge in [-0.25, -0.2) is 14.8 Å². The van der Waals surface area contributed by atoms with Gasteiger partial charge in [-0.05, 0) is 68.8 Å². The van der Waals surface area contributed by atoms with E-state index in [4.69, 9.17) is 4.74 Å². The minimum absolute atomic E-state index is 0.285. The van der Waals surface area contributed by atoms with Gasteiger partial charge in [0.15, 0.2) is 11.6 Å². The van der Waals surface area contributed by atoms with E-state index < -0.39 is 0 Å². The van der Waals surface area contributed by atoms with Crippen LogP contribution in [-0.4, -0.2) is 47.2 Å². The molecule has 1 aromatic heterocycles. The van der Waals surface area contributed by atoms with Crippen LogP contribution in [0.3, 0.4) is 0 Å². The SMILES string of the molecule is CC.CC.CC(C)(C)OC(=O)NC1CCC1.CN(c1nc(Br)cnc1NC=O)C1CC1. The lowest BCUT2D eigenvalue weighted by Crippen LogP contribution is -2.42. The van der Waals surface area contributed by atoms with Gasteiger partial charge in [0.05, 0.1) is 6.20 Å². The molecule has 2 N–H and O–H groups in total. The summed E-state index contributed by atoms with van der Waals surface area (Å²) < 4.78 is 5.76. The van der Waals surface area contributed by atoms with Gasteiger partial charge in [0, 0.05) is 19.1 Å². The van der Waals surface area contributed by atoms with Crippen LogP contribution in [0.5, 0.6) is 0 Å². The molecule has 2 aliphatic carbocycles. The summed E-state index contributed by atoms with van der Waals surface area (Å²) in [6.07, 6.45) is 7.65. The van der Waals surface area contributed by atoms with Gasteiger partial charge < -0.3 is 20.3 Å². The molecule has 2 fully saturated rings. The van der Waals surface area contributed by atoms with Crippen LogP contribution in [-0.2, 0) is 9.53 Å². The highest BCUT2D eigenvalue weighted by atomic mass is 79.9. The van der Waals surface area contributed by atoms with Crippen LogP contribution in [0.1, 0.15) is 80.6 Å². The Labute approximate surface area is 196 Å². The highest BCUT2D eigenvalue weighted by Crippen LogP contribution is 2.32. The molecule has 1 heterocycles. The topological polar surface area (TPSA) is 96.4 Å². The predicted molar refractivity (Wildman–Crippen MR) is 131 cm³/mol. The van der Waals surface area contributed by atoms with Gasteiger partial charge in [-0.15, -0.1) is 0 Å². The first-order valence-corrected chi connectivity index (χ1v) is 11.9. The Kier molecular flexibility index (Phi) is 14.1. The van der Waals surface area contributed by atoms with Crippen molar-refractivity contribution in [2.45, 2.75) is 98.3 Å². The molecule has 0 aromatic carbocycles. The average molecular weight is 502 g/mol. The lowest BCUT2D eigenvalue weighted by Gasteiger charge is -2.28. The second-order valence-corrected chi connectivity index (χ2v) is 8.56. The molecular weight excluding hydrogens is 462 g/mol. The predicted octanol–water partition coefficient (Wildman–Crippen LogP) is 5.52. The summed E-state index contributed by atoms with van der Waals surface area (Å²) in [7, 11) is 1.96. The number of carbonyl (C=O) groups is 2. The standard InChI is InChI=1S/C9H11BrN4O.C9H17NO2.2C2H6/c1-14(6-2-3-6)9-8(12-5-15)11-4-7(10)13-9;1-9(2,3)12-8(11)10-7-5-4-6-7;2*1-2/h4-6H,2-3H2,1H3,(H,11,12,15);7H,4-6H2,1-3H3,(H,10,11);2*1-2H3. The second-order valence-electron chi connectivity index (χ2n) is 7.74. The third kappa shape index (κ3) is 11.9. The summed E-state index contributed by atoms with van der Waals surface area (Å²) in [6.45, 7) is 13.6. The maximum Gasteiger partial charge on any atom is 0.407 e. The van der Waals surface area contributed by atoms with E-state index in [1.807, 2.05) is 60.4 Å². The molecule has 2 saturated carbocycles. The number of alkyl carbamates (subject to hydrolysis) is 1. The Morgan fingerprint density at radius 2 is 1.77 bits per heavy atom. The molecule has 31 heavy (non-hydrogen) atoms. The van der Waals surface area contributed by atoms with Crippen molar-refractivity contribution in [1.82, 2.24) is 15.3 Å². The number of nitrogens with one attached hydrogen (secondary N) is 2. The zero-order chi connectivity index (χ0) is 24.0. The van der Waals surface area contributed by atoms with Gasteiger partial charge in [-0.1, -0.05) is 27.7 Å². The van der Waals surface area contributed by atoms with Gasteiger partial charge in [-0.3, -0.25) is 4.79 Å². The number of ether oxygens (including phenoxy) is 1. The first-order valence-electron chi connectivity index (χ1n) is 11.1. The molecule has 178 valence electrons. The van der Waals surface area contributed by atoms with E-state index in [1.165, 1.54) is 19.3 Å². The third-order valence-electron chi connectivity index (χ3n) is 4.18. The van der Waals surface area contributed by atoms with Crippen molar-refractivity contribution in [3.05, 3.63) is 10.8 Å². The Balaban J connectivity index is 0.000000510. The zero-order valence-electron chi connectivity index (χ0n) is 20.3. The highest BCUT2D eigenvalue weighted by Gasteiger charge is 2.29. The number of amides is 2. The summed E-state index contributed by atoms with van der Waals surface area (Å²) in [5.74, 6) is 1.21. The molecule has 0 bridgehead atoms. The van der Waals surface area contributed by atoms with Crippen LogP contribution in [0.4, 0.5) is 16.4 Å². The summed E-state index contributed by atoms with van der Waals surface area (Å²) >= 11 is 3.27. The quantitative estimate of drug-likeness (QED) is 0.515. The van der Waals surface area contributed by atoms with Gasteiger partial charge in [0.2, 0.25) is 6.41 Å². The molecule has 0 saturated heterocycles. The fourth-order valence-electron chi connectivity index (χ4n) is 2.42. The highest BCUT2D eigenvalue weighted by molar-refractivity contribution is 9.10. The Bertz CT molecular complexity index is 659. The minimum Gasteiger partial charge on any atom is -0.444 e. The van der Waals surface area contributed by atoms with E-state index in [-0.39, 0.29) is 11.7 Å². The number of anilines is 2. The lowest BCUT2D eigenvalue weighted by molar-refractivity contribution is -0.105. The molecular formula is C22H40BrN5O3. The maximum absolute atomic E-state index is 11.1. The number of carbonyl (C=O) groups excluding carboxylic acids is 2. The van der Waals surface area contributed by atoms with Gasteiger partial charge in [-0.2, -0.15) is 0 Å².